The fraction of sp³-hybridized carbons (Fsp3) is 0.333. The van der Waals surface area contributed by atoms with Gasteiger partial charge in [-0.25, -0.2) is 14.7 Å². The average Bonchev–Trinajstić information content (AvgIpc) is 2.84. The highest BCUT2D eigenvalue weighted by molar-refractivity contribution is 6.34. The van der Waals surface area contributed by atoms with Crippen LogP contribution in [0.25, 0.3) is 0 Å². The highest BCUT2D eigenvalue weighted by atomic mass is 35.5. The van der Waals surface area contributed by atoms with Crippen LogP contribution >= 0.6 is 11.6 Å². The van der Waals surface area contributed by atoms with Crippen molar-refractivity contribution >= 4 is 35.1 Å². The minimum absolute atomic E-state index is 0.340. The summed E-state index contributed by atoms with van der Waals surface area (Å²) < 4.78 is 4.85. The summed E-state index contributed by atoms with van der Waals surface area (Å²) in [6, 6.07) is 4.42. The number of hydroxylamine groups is 2. The molecule has 20 heavy (non-hydrogen) atoms. The van der Waals surface area contributed by atoms with Gasteiger partial charge in [-0.3, -0.25) is 9.74 Å². The summed E-state index contributed by atoms with van der Waals surface area (Å²) in [7, 11) is 2.86. The van der Waals surface area contributed by atoms with Crippen molar-refractivity contribution in [1.29, 1.82) is 0 Å². The number of halogens is 1. The van der Waals surface area contributed by atoms with Crippen LogP contribution in [0.1, 0.15) is 0 Å². The Kier molecular flexibility index (Phi) is 4.31. The molecule has 0 aromatic heterocycles. The molecule has 7 nitrogen and oxygen atoms in total. The molecule has 0 bridgehead atoms. The lowest BCUT2D eigenvalue weighted by molar-refractivity contribution is -0.0598. The number of hydrogen-bond donors (Lipinski definition) is 1. The summed E-state index contributed by atoms with van der Waals surface area (Å²) in [5.74, 6) is 0. The van der Waals surface area contributed by atoms with Gasteiger partial charge in [-0.1, -0.05) is 11.6 Å². The molecule has 8 heteroatoms. The lowest BCUT2D eigenvalue weighted by Gasteiger charge is -2.17. The zero-order chi connectivity index (χ0) is 14.7. The number of urea groups is 1. The molecule has 0 unspecified atom stereocenters. The van der Waals surface area contributed by atoms with Crippen LogP contribution in [0.4, 0.5) is 21.0 Å². The topological polar surface area (TPSA) is 71.1 Å². The van der Waals surface area contributed by atoms with E-state index >= 15 is 0 Å². The number of carbonyl (C=O) groups is 2. The maximum absolute atomic E-state index is 11.6. The van der Waals surface area contributed by atoms with E-state index in [0.717, 1.165) is 5.06 Å². The molecule has 1 heterocycles. The minimum atomic E-state index is -0.433. The van der Waals surface area contributed by atoms with Crippen LogP contribution in [-0.4, -0.2) is 44.5 Å². The molecule has 0 atom stereocenters. The first kappa shape index (κ1) is 14.4. The molecule has 0 saturated carbocycles. The first-order chi connectivity index (χ1) is 9.52. The summed E-state index contributed by atoms with van der Waals surface area (Å²) in [5, 5.41) is 4.00. The van der Waals surface area contributed by atoms with Crippen LogP contribution in [0.5, 0.6) is 0 Å². The van der Waals surface area contributed by atoms with E-state index in [1.54, 1.807) is 18.2 Å². The van der Waals surface area contributed by atoms with Crippen LogP contribution in [0.3, 0.4) is 0 Å². The van der Waals surface area contributed by atoms with Crippen LogP contribution < -0.4 is 10.2 Å². The van der Waals surface area contributed by atoms with Crippen LogP contribution in [0.15, 0.2) is 18.2 Å². The van der Waals surface area contributed by atoms with Crippen molar-refractivity contribution in [3.8, 4) is 0 Å². The summed E-state index contributed by atoms with van der Waals surface area (Å²) in [6.45, 7) is 0.795. The Morgan fingerprint density at radius 1 is 1.55 bits per heavy atom. The van der Waals surface area contributed by atoms with Gasteiger partial charge in [0.25, 0.3) is 0 Å². The normalized spacial score (nSPS) is 14.2. The zero-order valence-electron chi connectivity index (χ0n) is 11.1. The molecule has 0 aliphatic carbocycles. The molecule has 108 valence electrons. The number of cyclic esters (lactones) is 1. The van der Waals surface area contributed by atoms with Gasteiger partial charge < -0.3 is 10.1 Å². The zero-order valence-corrected chi connectivity index (χ0v) is 11.8. The highest BCUT2D eigenvalue weighted by Gasteiger charge is 2.25. The second-order valence-electron chi connectivity index (χ2n) is 4.04. The fourth-order valence-electron chi connectivity index (χ4n) is 1.70. The molecule has 1 aliphatic rings. The number of rotatable bonds is 3. The largest absolute Gasteiger partial charge is 0.447 e. The summed E-state index contributed by atoms with van der Waals surface area (Å²) in [4.78, 5) is 29.3. The number of ether oxygens (including phenoxy) is 1. The fourth-order valence-corrected chi connectivity index (χ4v) is 1.98. The third-order valence-corrected chi connectivity index (χ3v) is 3.11. The van der Waals surface area contributed by atoms with E-state index in [-0.39, 0.29) is 0 Å². The van der Waals surface area contributed by atoms with Gasteiger partial charge in [0, 0.05) is 12.7 Å². The highest BCUT2D eigenvalue weighted by Crippen LogP contribution is 2.30. The van der Waals surface area contributed by atoms with Crippen molar-refractivity contribution < 1.29 is 19.2 Å². The molecule has 1 aromatic carbocycles. The predicted octanol–water partition coefficient (Wildman–Crippen LogP) is 2.32. The molecule has 3 amide bonds. The standard InChI is InChI=1S/C12H14ClN3O4/c1-15(19-2)11(17)14-8-3-4-10(9(13)7-8)16-5-6-20-12(16)18/h3-4,7H,5-6H2,1-2H3,(H,14,17). The maximum atomic E-state index is 11.6. The molecule has 0 spiro atoms. The van der Waals surface area contributed by atoms with Gasteiger partial charge in [0.2, 0.25) is 0 Å². The van der Waals surface area contributed by atoms with Gasteiger partial charge in [0.05, 0.1) is 24.4 Å². The third kappa shape index (κ3) is 2.94. The number of carbonyl (C=O) groups excluding carboxylic acids is 2. The Morgan fingerprint density at radius 2 is 2.30 bits per heavy atom. The lowest BCUT2D eigenvalue weighted by Crippen LogP contribution is -2.30. The van der Waals surface area contributed by atoms with E-state index in [9.17, 15) is 9.59 Å². The third-order valence-electron chi connectivity index (χ3n) is 2.81. The van der Waals surface area contributed by atoms with Crippen molar-refractivity contribution in [2.75, 3.05) is 37.5 Å². The van der Waals surface area contributed by atoms with E-state index < -0.39 is 12.1 Å². The summed E-state index contributed by atoms with van der Waals surface area (Å²) >= 11 is 6.13. The number of nitrogens with one attached hydrogen (secondary N) is 1. The monoisotopic (exact) mass is 299 g/mol. The summed E-state index contributed by atoms with van der Waals surface area (Å²) in [6.07, 6.45) is -0.428. The molecule has 0 radical (unpaired) electrons. The van der Waals surface area contributed by atoms with E-state index in [0.29, 0.717) is 29.5 Å². The Morgan fingerprint density at radius 3 is 2.85 bits per heavy atom. The van der Waals surface area contributed by atoms with Gasteiger partial charge in [0.15, 0.2) is 0 Å². The van der Waals surface area contributed by atoms with Crippen LogP contribution in [-0.2, 0) is 9.57 Å². The number of hydrogen-bond acceptors (Lipinski definition) is 4. The molecular formula is C12H14ClN3O4. The first-order valence-electron chi connectivity index (χ1n) is 5.85. The minimum Gasteiger partial charge on any atom is -0.447 e. The van der Waals surface area contributed by atoms with Gasteiger partial charge in [-0.05, 0) is 18.2 Å². The quantitative estimate of drug-likeness (QED) is 0.870. The number of amides is 3. The van der Waals surface area contributed by atoms with Crippen LogP contribution in [0.2, 0.25) is 5.02 Å². The Hall–Kier alpha value is -1.99. The lowest BCUT2D eigenvalue weighted by atomic mass is 10.2. The Balaban J connectivity index is 2.13. The molecule has 1 N–H and O–H groups in total. The smallest absolute Gasteiger partial charge is 0.414 e. The molecule has 1 aromatic rings. The molecule has 1 saturated heterocycles. The van der Waals surface area contributed by atoms with E-state index in [2.05, 4.69) is 5.32 Å². The number of nitrogens with zero attached hydrogens (tertiary/aromatic N) is 2. The van der Waals surface area contributed by atoms with Crippen molar-refractivity contribution in [2.45, 2.75) is 0 Å². The maximum Gasteiger partial charge on any atom is 0.414 e. The second-order valence-corrected chi connectivity index (χ2v) is 4.45. The second kappa shape index (κ2) is 5.98. The SMILES string of the molecule is CON(C)C(=O)Nc1ccc(N2CCOC2=O)c(Cl)c1. The first-order valence-corrected chi connectivity index (χ1v) is 6.23. The van der Waals surface area contributed by atoms with Gasteiger partial charge in [-0.15, -0.1) is 0 Å². The van der Waals surface area contributed by atoms with Crippen LogP contribution in [0, 0.1) is 0 Å². The molecule has 1 fully saturated rings. The van der Waals surface area contributed by atoms with Crippen molar-refractivity contribution in [2.24, 2.45) is 0 Å². The van der Waals surface area contributed by atoms with E-state index in [1.165, 1.54) is 19.1 Å². The van der Waals surface area contributed by atoms with Crippen molar-refractivity contribution in [3.63, 3.8) is 0 Å². The molecule has 2 rings (SSSR count). The van der Waals surface area contributed by atoms with Crippen molar-refractivity contribution in [3.05, 3.63) is 23.2 Å². The summed E-state index contributed by atoms with van der Waals surface area (Å²) in [5.41, 5.74) is 1.05. The van der Waals surface area contributed by atoms with Gasteiger partial charge >= 0.3 is 12.1 Å². The number of benzene rings is 1. The van der Waals surface area contributed by atoms with Gasteiger partial charge in [0.1, 0.15) is 6.61 Å². The van der Waals surface area contributed by atoms with E-state index in [4.69, 9.17) is 21.2 Å². The Labute approximate surface area is 120 Å². The van der Waals surface area contributed by atoms with E-state index in [1.807, 2.05) is 0 Å². The molecular weight excluding hydrogens is 286 g/mol. The molecule has 1 aliphatic heterocycles. The van der Waals surface area contributed by atoms with Gasteiger partial charge in [-0.2, -0.15) is 0 Å². The van der Waals surface area contributed by atoms with Crippen molar-refractivity contribution in [1.82, 2.24) is 5.06 Å². The number of anilines is 2. The Bertz CT molecular complexity index is 537. The average molecular weight is 300 g/mol. The predicted molar refractivity (Wildman–Crippen MR) is 73.9 cm³/mol.